The molecule has 0 aliphatic rings. The Hall–Kier alpha value is -2.86. The van der Waals surface area contributed by atoms with E-state index in [9.17, 15) is 14.4 Å². The van der Waals surface area contributed by atoms with Gasteiger partial charge in [-0.1, -0.05) is 41.9 Å². The van der Waals surface area contributed by atoms with Gasteiger partial charge in [-0.15, -0.1) is 0 Å². The van der Waals surface area contributed by atoms with Crippen LogP contribution in [0.15, 0.2) is 54.6 Å². The summed E-state index contributed by atoms with van der Waals surface area (Å²) in [6.07, 6.45) is -0.924. The van der Waals surface area contributed by atoms with Gasteiger partial charge in [0.2, 0.25) is 0 Å². The molecule has 2 rings (SSSR count). The first-order valence-corrected chi connectivity index (χ1v) is 9.26. The molecule has 2 aromatic carbocycles. The van der Waals surface area contributed by atoms with Crippen LogP contribution in [0.5, 0.6) is 0 Å². The summed E-state index contributed by atoms with van der Waals surface area (Å²) in [5.41, 5.74) is 1.44. The van der Waals surface area contributed by atoms with E-state index in [0.717, 1.165) is 5.56 Å². The molecule has 0 bridgehead atoms. The van der Waals surface area contributed by atoms with Gasteiger partial charge in [-0.3, -0.25) is 14.4 Å². The average Bonchev–Trinajstić information content (AvgIpc) is 2.68. The summed E-state index contributed by atoms with van der Waals surface area (Å²) >= 11 is 5.78. The molecule has 7 heteroatoms. The first-order valence-electron chi connectivity index (χ1n) is 8.89. The summed E-state index contributed by atoms with van der Waals surface area (Å²) in [6, 6.07) is 16.0. The summed E-state index contributed by atoms with van der Waals surface area (Å²) < 4.78 is 5.18. The zero-order valence-corrected chi connectivity index (χ0v) is 16.6. The maximum absolute atomic E-state index is 12.3. The third-order valence-electron chi connectivity index (χ3n) is 4.02. The Morgan fingerprint density at radius 1 is 1.07 bits per heavy atom. The van der Waals surface area contributed by atoms with E-state index in [1.165, 1.54) is 11.8 Å². The highest BCUT2D eigenvalue weighted by Gasteiger charge is 2.21. The number of rotatable bonds is 8. The molecule has 28 heavy (non-hydrogen) atoms. The number of likely N-dealkylation sites (N-methyl/N-ethyl adjacent to an activating group) is 1. The molecule has 0 aliphatic heterocycles. The van der Waals surface area contributed by atoms with Crippen LogP contribution in [0.2, 0.25) is 5.02 Å². The third-order valence-corrected chi connectivity index (χ3v) is 4.27. The van der Waals surface area contributed by atoms with Gasteiger partial charge in [-0.05, 0) is 36.8 Å². The van der Waals surface area contributed by atoms with Crippen LogP contribution in [0.25, 0.3) is 0 Å². The van der Waals surface area contributed by atoms with Crippen LogP contribution < -0.4 is 5.32 Å². The number of carbonyl (C=O) groups excluding carboxylic acids is 3. The molecule has 0 fully saturated rings. The Morgan fingerprint density at radius 3 is 2.36 bits per heavy atom. The zero-order valence-electron chi connectivity index (χ0n) is 15.9. The second kappa shape index (κ2) is 10.5. The van der Waals surface area contributed by atoms with Gasteiger partial charge in [-0.2, -0.15) is 0 Å². The SMILES string of the molecule is CC(OC(=O)CCNC(=O)c1ccc(Cl)cc1)C(=O)N(C)Cc1ccccc1. The fraction of sp³-hybridized carbons (Fsp3) is 0.286. The van der Waals surface area contributed by atoms with Gasteiger partial charge in [0.05, 0.1) is 6.42 Å². The Labute approximate surface area is 169 Å². The first-order chi connectivity index (χ1) is 13.4. The molecule has 2 amide bonds. The molecule has 2 aromatic rings. The predicted octanol–water partition coefficient (Wildman–Crippen LogP) is 3.05. The van der Waals surface area contributed by atoms with Crippen LogP contribution in [0, 0.1) is 0 Å². The Bertz CT molecular complexity index is 809. The van der Waals surface area contributed by atoms with Crippen molar-refractivity contribution in [1.82, 2.24) is 10.2 Å². The maximum Gasteiger partial charge on any atom is 0.308 e. The lowest BCUT2D eigenvalue weighted by Gasteiger charge is -2.21. The van der Waals surface area contributed by atoms with Crippen LogP contribution in [0.3, 0.4) is 0 Å². The molecule has 148 valence electrons. The summed E-state index contributed by atoms with van der Waals surface area (Å²) in [4.78, 5) is 37.8. The number of halogens is 1. The number of esters is 1. The van der Waals surface area contributed by atoms with Crippen LogP contribution in [0.4, 0.5) is 0 Å². The molecule has 1 N–H and O–H groups in total. The number of nitrogens with zero attached hydrogens (tertiary/aromatic N) is 1. The van der Waals surface area contributed by atoms with E-state index in [1.807, 2.05) is 30.3 Å². The molecule has 0 aliphatic carbocycles. The van der Waals surface area contributed by atoms with Crippen molar-refractivity contribution in [1.29, 1.82) is 0 Å². The van der Waals surface area contributed by atoms with E-state index >= 15 is 0 Å². The minimum Gasteiger partial charge on any atom is -0.452 e. The molecule has 1 atom stereocenters. The molecule has 0 aromatic heterocycles. The number of hydrogen-bond acceptors (Lipinski definition) is 4. The Balaban J connectivity index is 1.73. The van der Waals surface area contributed by atoms with Crippen molar-refractivity contribution < 1.29 is 19.1 Å². The van der Waals surface area contributed by atoms with Crippen LogP contribution >= 0.6 is 11.6 Å². The van der Waals surface area contributed by atoms with Crippen molar-refractivity contribution in [2.45, 2.75) is 26.0 Å². The van der Waals surface area contributed by atoms with E-state index in [1.54, 1.807) is 31.3 Å². The topological polar surface area (TPSA) is 75.7 Å². The van der Waals surface area contributed by atoms with E-state index in [4.69, 9.17) is 16.3 Å². The smallest absolute Gasteiger partial charge is 0.308 e. The van der Waals surface area contributed by atoms with Gasteiger partial charge in [0.25, 0.3) is 11.8 Å². The van der Waals surface area contributed by atoms with Gasteiger partial charge >= 0.3 is 5.97 Å². The van der Waals surface area contributed by atoms with Crippen molar-refractivity contribution in [3.05, 3.63) is 70.7 Å². The number of ether oxygens (including phenoxy) is 1. The van der Waals surface area contributed by atoms with Crippen molar-refractivity contribution in [2.24, 2.45) is 0 Å². The van der Waals surface area contributed by atoms with E-state index in [2.05, 4.69) is 5.32 Å². The summed E-state index contributed by atoms with van der Waals surface area (Å²) in [5.74, 6) is -1.15. The molecule has 0 saturated heterocycles. The maximum atomic E-state index is 12.3. The van der Waals surface area contributed by atoms with E-state index < -0.39 is 12.1 Å². The number of benzene rings is 2. The third kappa shape index (κ3) is 6.70. The predicted molar refractivity (Wildman–Crippen MR) is 107 cm³/mol. The monoisotopic (exact) mass is 402 g/mol. The molecule has 0 heterocycles. The van der Waals surface area contributed by atoms with Crippen LogP contribution in [-0.4, -0.2) is 42.4 Å². The second-order valence-corrected chi connectivity index (χ2v) is 6.76. The summed E-state index contributed by atoms with van der Waals surface area (Å²) in [7, 11) is 1.66. The molecule has 6 nitrogen and oxygen atoms in total. The van der Waals surface area contributed by atoms with E-state index in [-0.39, 0.29) is 24.8 Å². The summed E-state index contributed by atoms with van der Waals surface area (Å²) in [6.45, 7) is 2.08. The van der Waals surface area contributed by atoms with Gasteiger partial charge in [0.1, 0.15) is 0 Å². The van der Waals surface area contributed by atoms with Crippen molar-refractivity contribution in [3.8, 4) is 0 Å². The lowest BCUT2D eigenvalue weighted by Crippen LogP contribution is -2.37. The molecular formula is C21H23ClN2O4. The number of amides is 2. The number of carbonyl (C=O) groups is 3. The summed E-state index contributed by atoms with van der Waals surface area (Å²) in [5, 5.41) is 3.17. The van der Waals surface area contributed by atoms with Crippen molar-refractivity contribution in [2.75, 3.05) is 13.6 Å². The number of nitrogens with one attached hydrogen (secondary N) is 1. The van der Waals surface area contributed by atoms with Crippen LogP contribution in [0.1, 0.15) is 29.3 Å². The standard InChI is InChI=1S/C21H23ClN2O4/c1-15(21(27)24(2)14-16-6-4-3-5-7-16)28-19(25)12-13-23-20(26)17-8-10-18(22)11-9-17/h3-11,15H,12-14H2,1-2H3,(H,23,26). The van der Waals surface area contributed by atoms with Crippen molar-refractivity contribution >= 4 is 29.4 Å². The Kier molecular flexibility index (Phi) is 8.02. The number of hydrogen-bond donors (Lipinski definition) is 1. The van der Waals surface area contributed by atoms with Gasteiger partial charge in [0, 0.05) is 30.7 Å². The fourth-order valence-corrected chi connectivity index (χ4v) is 2.66. The lowest BCUT2D eigenvalue weighted by molar-refractivity contribution is -0.158. The Morgan fingerprint density at radius 2 is 1.71 bits per heavy atom. The largest absolute Gasteiger partial charge is 0.452 e. The zero-order chi connectivity index (χ0) is 20.5. The highest BCUT2D eigenvalue weighted by atomic mass is 35.5. The second-order valence-electron chi connectivity index (χ2n) is 6.32. The first kappa shape index (κ1) is 21.4. The minimum atomic E-state index is -0.895. The highest BCUT2D eigenvalue weighted by Crippen LogP contribution is 2.09. The highest BCUT2D eigenvalue weighted by molar-refractivity contribution is 6.30. The lowest BCUT2D eigenvalue weighted by atomic mass is 10.2. The minimum absolute atomic E-state index is 0.0284. The normalized spacial score (nSPS) is 11.4. The van der Waals surface area contributed by atoms with Crippen LogP contribution in [-0.2, 0) is 20.9 Å². The average molecular weight is 403 g/mol. The van der Waals surface area contributed by atoms with E-state index in [0.29, 0.717) is 17.1 Å². The molecule has 1 unspecified atom stereocenters. The molecule has 0 saturated carbocycles. The van der Waals surface area contributed by atoms with Gasteiger partial charge in [-0.25, -0.2) is 0 Å². The fourth-order valence-electron chi connectivity index (χ4n) is 2.53. The molecule has 0 radical (unpaired) electrons. The van der Waals surface area contributed by atoms with Gasteiger partial charge < -0.3 is 15.0 Å². The molecular weight excluding hydrogens is 380 g/mol. The molecule has 0 spiro atoms. The van der Waals surface area contributed by atoms with Crippen molar-refractivity contribution in [3.63, 3.8) is 0 Å². The van der Waals surface area contributed by atoms with Gasteiger partial charge in [0.15, 0.2) is 6.10 Å². The quantitative estimate of drug-likeness (QED) is 0.688.